The van der Waals surface area contributed by atoms with E-state index in [1.807, 2.05) is 12.1 Å². The summed E-state index contributed by atoms with van der Waals surface area (Å²) in [7, 11) is 1.48. The Morgan fingerprint density at radius 1 is 1.25 bits per heavy atom. The zero-order valence-corrected chi connectivity index (χ0v) is 12.2. The van der Waals surface area contributed by atoms with E-state index in [1.54, 1.807) is 18.3 Å². The number of benzene rings is 2. The van der Waals surface area contributed by atoms with E-state index in [4.69, 9.17) is 16.3 Å². The van der Waals surface area contributed by atoms with Gasteiger partial charge in [0, 0.05) is 6.21 Å². The van der Waals surface area contributed by atoms with Crippen LogP contribution in [0.2, 0.25) is 5.02 Å². The summed E-state index contributed by atoms with van der Waals surface area (Å²) in [6.45, 7) is 2.11. The quantitative estimate of drug-likeness (QED) is 0.849. The molecular formula is C16H16ClNO2. The third-order valence-electron chi connectivity index (χ3n) is 2.98. The van der Waals surface area contributed by atoms with Gasteiger partial charge >= 0.3 is 0 Å². The maximum Gasteiger partial charge on any atom is 0.176 e. The van der Waals surface area contributed by atoms with Crippen molar-refractivity contribution in [2.75, 3.05) is 7.11 Å². The lowest BCUT2D eigenvalue weighted by molar-refractivity contribution is 0.373. The Bertz CT molecular complexity index is 621. The Hall–Kier alpha value is -2.00. The molecule has 0 saturated heterocycles. The number of hydrogen-bond acceptors (Lipinski definition) is 3. The summed E-state index contributed by atoms with van der Waals surface area (Å²) >= 11 is 5.93. The number of hydrogen-bond donors (Lipinski definition) is 1. The molecule has 0 aliphatic carbocycles. The predicted molar refractivity (Wildman–Crippen MR) is 82.7 cm³/mol. The molecule has 0 aliphatic rings. The second-order valence-corrected chi connectivity index (χ2v) is 4.74. The molecule has 0 heterocycles. The molecule has 3 nitrogen and oxygen atoms in total. The third-order valence-corrected chi connectivity index (χ3v) is 3.27. The summed E-state index contributed by atoms with van der Waals surface area (Å²) in [5, 5.41) is 9.91. The van der Waals surface area contributed by atoms with E-state index in [0.717, 1.165) is 17.7 Å². The molecule has 0 saturated carbocycles. The zero-order valence-electron chi connectivity index (χ0n) is 11.4. The third kappa shape index (κ3) is 3.31. The van der Waals surface area contributed by atoms with Gasteiger partial charge in [-0.25, -0.2) is 0 Å². The highest BCUT2D eigenvalue weighted by Gasteiger charge is 2.07. The van der Waals surface area contributed by atoms with Crippen molar-refractivity contribution in [2.24, 2.45) is 4.99 Å². The molecule has 2 aromatic rings. The molecule has 0 aromatic heterocycles. The van der Waals surface area contributed by atoms with Crippen molar-refractivity contribution in [1.82, 2.24) is 0 Å². The van der Waals surface area contributed by atoms with Crippen LogP contribution in [-0.4, -0.2) is 18.4 Å². The molecule has 2 aromatic carbocycles. The van der Waals surface area contributed by atoms with E-state index in [9.17, 15) is 5.11 Å². The lowest BCUT2D eigenvalue weighted by Gasteiger charge is -2.06. The second kappa shape index (κ2) is 6.44. The van der Waals surface area contributed by atoms with Crippen LogP contribution in [0.4, 0.5) is 5.69 Å². The molecule has 104 valence electrons. The molecule has 2 rings (SSSR count). The van der Waals surface area contributed by atoms with Crippen molar-refractivity contribution in [1.29, 1.82) is 0 Å². The van der Waals surface area contributed by atoms with Crippen LogP contribution < -0.4 is 4.74 Å². The molecular weight excluding hydrogens is 274 g/mol. The fourth-order valence-corrected chi connectivity index (χ4v) is 2.01. The number of phenolic OH excluding ortho intramolecular Hbond substituents is 1. The first-order valence-electron chi connectivity index (χ1n) is 6.33. The minimum absolute atomic E-state index is 0.0568. The molecule has 0 fully saturated rings. The number of aryl methyl sites for hydroxylation is 1. The Morgan fingerprint density at radius 3 is 2.55 bits per heavy atom. The molecule has 0 radical (unpaired) electrons. The van der Waals surface area contributed by atoms with Crippen LogP contribution in [0.1, 0.15) is 18.1 Å². The number of rotatable bonds is 4. The average molecular weight is 290 g/mol. The van der Waals surface area contributed by atoms with Crippen molar-refractivity contribution >= 4 is 23.5 Å². The molecule has 20 heavy (non-hydrogen) atoms. The summed E-state index contributed by atoms with van der Waals surface area (Å²) in [5.41, 5.74) is 2.91. The maximum atomic E-state index is 9.66. The standard InChI is InChI=1S/C16H16ClNO2/c1-3-11-4-6-13(7-5-11)18-10-12-8-14(17)16(19)15(9-12)20-2/h4-10,19H,3H2,1-2H3. The van der Waals surface area contributed by atoms with Gasteiger partial charge < -0.3 is 9.84 Å². The van der Waals surface area contributed by atoms with Crippen LogP contribution in [0.15, 0.2) is 41.4 Å². The van der Waals surface area contributed by atoms with Crippen molar-refractivity contribution in [3.05, 3.63) is 52.5 Å². The molecule has 0 bridgehead atoms. The predicted octanol–water partition coefficient (Wildman–Crippen LogP) is 4.37. The molecule has 0 atom stereocenters. The number of aliphatic imine (C=N–C) groups is 1. The normalized spacial score (nSPS) is 10.9. The van der Waals surface area contributed by atoms with Crippen molar-refractivity contribution in [2.45, 2.75) is 13.3 Å². The van der Waals surface area contributed by atoms with Gasteiger partial charge in [0.2, 0.25) is 0 Å². The van der Waals surface area contributed by atoms with E-state index in [0.29, 0.717) is 5.75 Å². The smallest absolute Gasteiger partial charge is 0.176 e. The van der Waals surface area contributed by atoms with Gasteiger partial charge in [0.15, 0.2) is 11.5 Å². The van der Waals surface area contributed by atoms with Crippen molar-refractivity contribution in [3.63, 3.8) is 0 Å². The topological polar surface area (TPSA) is 41.8 Å². The summed E-state index contributed by atoms with van der Waals surface area (Å²) < 4.78 is 5.05. The van der Waals surface area contributed by atoms with Crippen LogP contribution in [0.5, 0.6) is 11.5 Å². The number of ether oxygens (including phenoxy) is 1. The van der Waals surface area contributed by atoms with E-state index < -0.39 is 0 Å². The van der Waals surface area contributed by atoms with Gasteiger partial charge in [-0.2, -0.15) is 0 Å². The number of aromatic hydroxyl groups is 1. The fourth-order valence-electron chi connectivity index (χ4n) is 1.79. The van der Waals surface area contributed by atoms with Gasteiger partial charge in [0.05, 0.1) is 17.8 Å². The maximum absolute atomic E-state index is 9.66. The fraction of sp³-hybridized carbons (Fsp3) is 0.188. The van der Waals surface area contributed by atoms with E-state index in [-0.39, 0.29) is 10.8 Å². The van der Waals surface area contributed by atoms with Gasteiger partial charge in [0.1, 0.15) is 0 Å². The highest BCUT2D eigenvalue weighted by Crippen LogP contribution is 2.34. The van der Waals surface area contributed by atoms with Crippen molar-refractivity contribution in [3.8, 4) is 11.5 Å². The molecule has 4 heteroatoms. The largest absolute Gasteiger partial charge is 0.503 e. The van der Waals surface area contributed by atoms with Gasteiger partial charge in [-0.15, -0.1) is 0 Å². The lowest BCUT2D eigenvalue weighted by atomic mass is 10.1. The Balaban J connectivity index is 2.24. The molecule has 0 spiro atoms. The average Bonchev–Trinajstić information content (AvgIpc) is 2.48. The number of halogens is 1. The van der Waals surface area contributed by atoms with E-state index in [1.165, 1.54) is 12.7 Å². The van der Waals surface area contributed by atoms with Gasteiger partial charge in [-0.1, -0.05) is 30.7 Å². The molecule has 0 amide bonds. The first-order chi connectivity index (χ1) is 9.63. The minimum atomic E-state index is -0.0568. The lowest BCUT2D eigenvalue weighted by Crippen LogP contribution is -1.88. The van der Waals surface area contributed by atoms with Crippen molar-refractivity contribution < 1.29 is 9.84 Å². The summed E-state index contributed by atoms with van der Waals surface area (Å²) in [6, 6.07) is 11.4. The summed E-state index contributed by atoms with van der Waals surface area (Å²) in [6.07, 6.45) is 2.70. The highest BCUT2D eigenvalue weighted by molar-refractivity contribution is 6.32. The molecule has 0 aliphatic heterocycles. The number of phenols is 1. The first-order valence-corrected chi connectivity index (χ1v) is 6.71. The Kier molecular flexibility index (Phi) is 4.64. The van der Waals surface area contributed by atoms with Crippen LogP contribution >= 0.6 is 11.6 Å². The first kappa shape index (κ1) is 14.4. The molecule has 1 N–H and O–H groups in total. The van der Waals surface area contributed by atoms with Crippen LogP contribution in [0.25, 0.3) is 0 Å². The SMILES string of the molecule is CCc1ccc(N=Cc2cc(Cl)c(O)c(OC)c2)cc1. The zero-order chi connectivity index (χ0) is 14.5. The van der Waals surface area contributed by atoms with Crippen LogP contribution in [0, 0.1) is 0 Å². The molecule has 0 unspecified atom stereocenters. The highest BCUT2D eigenvalue weighted by atomic mass is 35.5. The minimum Gasteiger partial charge on any atom is -0.503 e. The van der Waals surface area contributed by atoms with E-state index >= 15 is 0 Å². The summed E-state index contributed by atoms with van der Waals surface area (Å²) in [4.78, 5) is 4.38. The monoisotopic (exact) mass is 289 g/mol. The second-order valence-electron chi connectivity index (χ2n) is 4.33. The van der Waals surface area contributed by atoms with Gasteiger partial charge in [-0.3, -0.25) is 4.99 Å². The Morgan fingerprint density at radius 2 is 1.95 bits per heavy atom. The van der Waals surface area contributed by atoms with Gasteiger partial charge in [-0.05, 0) is 41.8 Å². The Labute approximate surface area is 123 Å². The van der Waals surface area contributed by atoms with E-state index in [2.05, 4.69) is 24.0 Å². The van der Waals surface area contributed by atoms with Crippen LogP contribution in [0.3, 0.4) is 0 Å². The number of nitrogens with zero attached hydrogens (tertiary/aromatic N) is 1. The summed E-state index contributed by atoms with van der Waals surface area (Å²) in [5.74, 6) is 0.277. The number of methoxy groups -OCH3 is 1. The van der Waals surface area contributed by atoms with Gasteiger partial charge in [0.25, 0.3) is 0 Å². The van der Waals surface area contributed by atoms with Crippen LogP contribution in [-0.2, 0) is 6.42 Å².